The lowest BCUT2D eigenvalue weighted by molar-refractivity contribution is 0.603. The fourth-order valence-corrected chi connectivity index (χ4v) is 3.43. The van der Waals surface area contributed by atoms with E-state index in [1.54, 1.807) is 11.8 Å². The normalized spacial score (nSPS) is 14.0. The van der Waals surface area contributed by atoms with Gasteiger partial charge in [-0.05, 0) is 25.1 Å². The van der Waals surface area contributed by atoms with Gasteiger partial charge in [-0.25, -0.2) is 4.98 Å². The third kappa shape index (κ3) is 2.35. The van der Waals surface area contributed by atoms with Crippen molar-refractivity contribution in [2.24, 2.45) is 0 Å². The molecule has 4 rings (SSSR count). The molecule has 0 fully saturated rings. The second-order valence-electron chi connectivity index (χ2n) is 5.25. The van der Waals surface area contributed by atoms with Crippen molar-refractivity contribution in [3.05, 3.63) is 54.2 Å². The highest BCUT2D eigenvalue weighted by molar-refractivity contribution is 7.99. The highest BCUT2D eigenvalue weighted by atomic mass is 32.2. The Kier molecular flexibility index (Phi) is 3.31. The minimum Gasteiger partial charge on any atom is -0.329 e. The summed E-state index contributed by atoms with van der Waals surface area (Å²) in [7, 11) is 0. The lowest BCUT2D eigenvalue weighted by Crippen LogP contribution is -2.31. The fourth-order valence-electron chi connectivity index (χ4n) is 2.55. The molecule has 110 valence electrons. The average Bonchev–Trinajstić information content (AvgIpc) is 2.99. The van der Waals surface area contributed by atoms with Crippen LogP contribution in [0.5, 0.6) is 0 Å². The number of anilines is 1. The molecule has 1 aromatic carbocycles. The number of fused-ring (bicyclic) bond motifs is 1. The molecule has 3 aromatic rings. The average molecular weight is 309 g/mol. The summed E-state index contributed by atoms with van der Waals surface area (Å²) in [5.41, 5.74) is 2.32. The Balaban J connectivity index is 1.71. The minimum atomic E-state index is 0.718. The van der Waals surface area contributed by atoms with Gasteiger partial charge in [-0.1, -0.05) is 41.6 Å². The molecule has 0 spiro atoms. The first-order valence-electron chi connectivity index (χ1n) is 7.10. The fraction of sp³-hybridized carbons (Fsp3) is 0.188. The van der Waals surface area contributed by atoms with Gasteiger partial charge >= 0.3 is 0 Å². The topological polar surface area (TPSA) is 46.8 Å². The first-order chi connectivity index (χ1) is 10.8. The Hall–Kier alpha value is -2.34. The Bertz CT molecular complexity index is 799. The molecule has 0 bridgehead atoms. The molecule has 0 atom stereocenters. The van der Waals surface area contributed by atoms with Gasteiger partial charge in [-0.3, -0.25) is 4.57 Å². The molecule has 22 heavy (non-hydrogen) atoms. The first-order valence-corrected chi connectivity index (χ1v) is 8.09. The van der Waals surface area contributed by atoms with Crippen LogP contribution in [0.25, 0.3) is 11.4 Å². The molecule has 0 amide bonds. The maximum atomic E-state index is 4.43. The van der Waals surface area contributed by atoms with Crippen LogP contribution in [-0.4, -0.2) is 25.6 Å². The number of benzene rings is 1. The summed E-state index contributed by atoms with van der Waals surface area (Å²) in [4.78, 5) is 6.66. The Morgan fingerprint density at radius 1 is 1.09 bits per heavy atom. The maximum absolute atomic E-state index is 4.43. The summed E-state index contributed by atoms with van der Waals surface area (Å²) in [6.45, 7) is 2.81. The quantitative estimate of drug-likeness (QED) is 0.727. The second-order valence-corrected chi connectivity index (χ2v) is 6.16. The number of hydrogen-bond acceptors (Lipinski definition) is 5. The third-order valence-corrected chi connectivity index (χ3v) is 4.63. The van der Waals surface area contributed by atoms with E-state index in [2.05, 4.69) is 55.8 Å². The van der Waals surface area contributed by atoms with Crippen molar-refractivity contribution < 1.29 is 0 Å². The van der Waals surface area contributed by atoms with Crippen LogP contribution in [-0.2, 0) is 6.67 Å². The van der Waals surface area contributed by atoms with Gasteiger partial charge in [0, 0.05) is 11.8 Å². The third-order valence-electron chi connectivity index (χ3n) is 3.63. The molecule has 0 N–H and O–H groups in total. The van der Waals surface area contributed by atoms with Gasteiger partial charge in [0.25, 0.3) is 0 Å². The van der Waals surface area contributed by atoms with Gasteiger partial charge < -0.3 is 4.90 Å². The first kappa shape index (κ1) is 13.3. The Morgan fingerprint density at radius 2 is 2.05 bits per heavy atom. The minimum absolute atomic E-state index is 0.718. The molecule has 0 unspecified atom stereocenters. The van der Waals surface area contributed by atoms with Gasteiger partial charge in [0.05, 0.1) is 5.88 Å². The number of pyridine rings is 1. The van der Waals surface area contributed by atoms with Crippen molar-refractivity contribution in [3.63, 3.8) is 0 Å². The molecular formula is C16H15N5S. The molecule has 2 aromatic heterocycles. The maximum Gasteiger partial charge on any atom is 0.194 e. The van der Waals surface area contributed by atoms with Crippen molar-refractivity contribution in [3.8, 4) is 11.4 Å². The molecule has 1 aliphatic rings. The van der Waals surface area contributed by atoms with E-state index in [0.29, 0.717) is 0 Å². The number of thioether (sulfide) groups is 1. The van der Waals surface area contributed by atoms with Gasteiger partial charge in [0.2, 0.25) is 0 Å². The molecule has 1 aliphatic heterocycles. The second kappa shape index (κ2) is 5.46. The SMILES string of the molecule is Cc1cccc(-c2nnc3n2CN(c2ccccn2)CS3)c1. The van der Waals surface area contributed by atoms with E-state index in [1.165, 1.54) is 5.56 Å². The van der Waals surface area contributed by atoms with Gasteiger partial charge in [0.1, 0.15) is 12.5 Å². The van der Waals surface area contributed by atoms with Crippen LogP contribution in [0.1, 0.15) is 5.56 Å². The van der Waals surface area contributed by atoms with Gasteiger partial charge in [-0.15, -0.1) is 10.2 Å². The zero-order valence-electron chi connectivity index (χ0n) is 12.2. The lowest BCUT2D eigenvalue weighted by atomic mass is 10.1. The van der Waals surface area contributed by atoms with Crippen LogP contribution in [0.2, 0.25) is 0 Å². The van der Waals surface area contributed by atoms with Gasteiger partial charge in [0.15, 0.2) is 11.0 Å². The van der Waals surface area contributed by atoms with Crippen molar-refractivity contribution in [2.45, 2.75) is 18.7 Å². The predicted octanol–water partition coefficient (Wildman–Crippen LogP) is 3.18. The molecule has 0 aliphatic carbocycles. The van der Waals surface area contributed by atoms with E-state index in [0.717, 1.165) is 34.9 Å². The van der Waals surface area contributed by atoms with E-state index >= 15 is 0 Å². The number of nitrogens with zero attached hydrogens (tertiary/aromatic N) is 5. The van der Waals surface area contributed by atoms with E-state index < -0.39 is 0 Å². The summed E-state index contributed by atoms with van der Waals surface area (Å²) in [5.74, 6) is 2.72. The molecule has 5 nitrogen and oxygen atoms in total. The Morgan fingerprint density at radius 3 is 2.86 bits per heavy atom. The summed E-state index contributed by atoms with van der Waals surface area (Å²) in [6, 6.07) is 14.3. The van der Waals surface area contributed by atoms with Crippen molar-refractivity contribution in [1.29, 1.82) is 0 Å². The van der Waals surface area contributed by atoms with E-state index in [4.69, 9.17) is 0 Å². The number of rotatable bonds is 2. The summed E-state index contributed by atoms with van der Waals surface area (Å²) >= 11 is 1.69. The smallest absolute Gasteiger partial charge is 0.194 e. The Labute approximate surface area is 133 Å². The van der Waals surface area contributed by atoms with Crippen LogP contribution >= 0.6 is 11.8 Å². The van der Waals surface area contributed by atoms with Crippen molar-refractivity contribution in [1.82, 2.24) is 19.7 Å². The van der Waals surface area contributed by atoms with Crippen LogP contribution in [0.4, 0.5) is 5.82 Å². The van der Waals surface area contributed by atoms with Crippen molar-refractivity contribution >= 4 is 17.6 Å². The standard InChI is InChI=1S/C16H15N5S/c1-12-5-4-6-13(9-12)15-18-19-16-21(15)10-20(11-22-16)14-7-2-3-8-17-14/h2-9H,10-11H2,1H3. The zero-order valence-corrected chi connectivity index (χ0v) is 13.0. The van der Waals surface area contributed by atoms with E-state index in [-0.39, 0.29) is 0 Å². The molecule has 0 saturated heterocycles. The summed E-state index contributed by atoms with van der Waals surface area (Å²) in [5, 5.41) is 9.66. The predicted molar refractivity (Wildman–Crippen MR) is 87.6 cm³/mol. The monoisotopic (exact) mass is 309 g/mol. The summed E-state index contributed by atoms with van der Waals surface area (Å²) < 4.78 is 2.15. The lowest BCUT2D eigenvalue weighted by Gasteiger charge is -2.28. The molecule has 0 radical (unpaired) electrons. The molecule has 3 heterocycles. The highest BCUT2D eigenvalue weighted by Gasteiger charge is 2.23. The number of aryl methyl sites for hydroxylation is 1. The molecule has 0 saturated carbocycles. The zero-order chi connectivity index (χ0) is 14.9. The van der Waals surface area contributed by atoms with Crippen LogP contribution in [0.15, 0.2) is 53.8 Å². The molecule has 6 heteroatoms. The molecular weight excluding hydrogens is 294 g/mol. The summed E-state index contributed by atoms with van der Waals surface area (Å²) in [6.07, 6.45) is 1.82. The van der Waals surface area contributed by atoms with E-state index in [1.807, 2.05) is 24.4 Å². The van der Waals surface area contributed by atoms with Crippen LogP contribution in [0, 0.1) is 6.92 Å². The highest BCUT2D eigenvalue weighted by Crippen LogP contribution is 2.30. The van der Waals surface area contributed by atoms with Crippen molar-refractivity contribution in [2.75, 3.05) is 10.8 Å². The van der Waals surface area contributed by atoms with Gasteiger partial charge in [-0.2, -0.15) is 0 Å². The van der Waals surface area contributed by atoms with E-state index in [9.17, 15) is 0 Å². The number of hydrogen-bond donors (Lipinski definition) is 0. The van der Waals surface area contributed by atoms with Crippen LogP contribution in [0.3, 0.4) is 0 Å². The number of aromatic nitrogens is 4. The largest absolute Gasteiger partial charge is 0.329 e. The van der Waals surface area contributed by atoms with Crippen LogP contribution < -0.4 is 4.90 Å².